The fourth-order valence-electron chi connectivity index (χ4n) is 3.81. The molecule has 0 saturated carbocycles. The second kappa shape index (κ2) is 9.47. The van der Waals surface area contributed by atoms with Gasteiger partial charge in [0.1, 0.15) is 0 Å². The average Bonchev–Trinajstić information content (AvgIpc) is 3.01. The molecule has 0 spiro atoms. The van der Waals surface area contributed by atoms with Crippen LogP contribution in [0, 0.1) is 6.92 Å². The molecule has 2 amide bonds. The SMILES string of the molecule is Cc1ccc(NCC(=O)Nc2ccc(C(=O)N3CCCCc4ccccc43)cc2)cc1. The van der Waals surface area contributed by atoms with Crippen molar-refractivity contribution in [2.45, 2.75) is 26.2 Å². The van der Waals surface area contributed by atoms with Gasteiger partial charge in [0.2, 0.25) is 5.91 Å². The van der Waals surface area contributed by atoms with Gasteiger partial charge in [-0.15, -0.1) is 0 Å². The van der Waals surface area contributed by atoms with Crippen LogP contribution < -0.4 is 15.5 Å². The molecular formula is C26H27N3O2. The molecule has 5 nitrogen and oxygen atoms in total. The van der Waals surface area contributed by atoms with Crippen LogP contribution in [-0.4, -0.2) is 24.9 Å². The Morgan fingerprint density at radius 3 is 2.35 bits per heavy atom. The zero-order valence-corrected chi connectivity index (χ0v) is 17.7. The van der Waals surface area contributed by atoms with Gasteiger partial charge in [-0.2, -0.15) is 0 Å². The summed E-state index contributed by atoms with van der Waals surface area (Å²) < 4.78 is 0. The van der Waals surface area contributed by atoms with Gasteiger partial charge in [-0.25, -0.2) is 0 Å². The van der Waals surface area contributed by atoms with E-state index in [-0.39, 0.29) is 18.4 Å². The highest BCUT2D eigenvalue weighted by Gasteiger charge is 2.22. The number of fused-ring (bicyclic) bond motifs is 1. The summed E-state index contributed by atoms with van der Waals surface area (Å²) in [7, 11) is 0. The number of nitrogens with zero attached hydrogens (tertiary/aromatic N) is 1. The maximum absolute atomic E-state index is 13.2. The molecule has 0 radical (unpaired) electrons. The number of benzene rings is 3. The van der Waals surface area contributed by atoms with E-state index in [1.54, 1.807) is 24.3 Å². The molecule has 1 aliphatic rings. The third-order valence-corrected chi connectivity index (χ3v) is 5.53. The third kappa shape index (κ3) is 5.12. The van der Waals surface area contributed by atoms with Crippen LogP contribution in [0.4, 0.5) is 17.1 Å². The maximum Gasteiger partial charge on any atom is 0.258 e. The lowest BCUT2D eigenvalue weighted by Crippen LogP contribution is -2.31. The number of hydrogen-bond acceptors (Lipinski definition) is 3. The number of amides is 2. The van der Waals surface area contributed by atoms with Crippen molar-refractivity contribution in [3.8, 4) is 0 Å². The first kappa shape index (κ1) is 20.7. The number of hydrogen-bond donors (Lipinski definition) is 2. The lowest BCUT2D eigenvalue weighted by Gasteiger charge is -2.23. The van der Waals surface area contributed by atoms with Crippen LogP contribution in [0.25, 0.3) is 0 Å². The lowest BCUT2D eigenvalue weighted by atomic mass is 10.1. The zero-order chi connectivity index (χ0) is 21.6. The van der Waals surface area contributed by atoms with Crippen molar-refractivity contribution in [2.24, 2.45) is 0 Å². The molecule has 2 N–H and O–H groups in total. The Labute approximate surface area is 183 Å². The predicted molar refractivity (Wildman–Crippen MR) is 126 cm³/mol. The van der Waals surface area contributed by atoms with E-state index in [2.05, 4.69) is 16.7 Å². The van der Waals surface area contributed by atoms with Crippen molar-refractivity contribution >= 4 is 28.9 Å². The summed E-state index contributed by atoms with van der Waals surface area (Å²) in [4.78, 5) is 27.3. The van der Waals surface area contributed by atoms with Crippen molar-refractivity contribution in [1.29, 1.82) is 0 Å². The van der Waals surface area contributed by atoms with Crippen LogP contribution in [0.5, 0.6) is 0 Å². The minimum Gasteiger partial charge on any atom is -0.376 e. The normalized spacial score (nSPS) is 13.1. The van der Waals surface area contributed by atoms with Crippen LogP contribution >= 0.6 is 0 Å². The summed E-state index contributed by atoms with van der Waals surface area (Å²) in [5, 5.41) is 5.98. The van der Waals surface area contributed by atoms with Crippen LogP contribution in [0.1, 0.15) is 34.3 Å². The van der Waals surface area contributed by atoms with Crippen molar-refractivity contribution < 1.29 is 9.59 Å². The Bertz CT molecular complexity index is 1060. The van der Waals surface area contributed by atoms with Crippen LogP contribution in [-0.2, 0) is 11.2 Å². The quantitative estimate of drug-likeness (QED) is 0.617. The number of rotatable bonds is 5. The molecule has 0 aromatic heterocycles. The van der Waals surface area contributed by atoms with Gasteiger partial charge in [-0.3, -0.25) is 9.59 Å². The van der Waals surface area contributed by atoms with Gasteiger partial charge in [0, 0.05) is 29.2 Å². The van der Waals surface area contributed by atoms with Crippen LogP contribution in [0.15, 0.2) is 72.8 Å². The molecule has 1 aliphatic heterocycles. The number of carbonyl (C=O) groups is 2. The van der Waals surface area contributed by atoms with Gasteiger partial charge in [-0.05, 0) is 74.2 Å². The van der Waals surface area contributed by atoms with E-state index in [4.69, 9.17) is 0 Å². The van der Waals surface area contributed by atoms with E-state index in [9.17, 15) is 9.59 Å². The van der Waals surface area contributed by atoms with E-state index in [0.29, 0.717) is 11.3 Å². The molecule has 0 atom stereocenters. The first-order valence-electron chi connectivity index (χ1n) is 10.7. The van der Waals surface area contributed by atoms with Crippen molar-refractivity contribution in [3.05, 3.63) is 89.5 Å². The Kier molecular flexibility index (Phi) is 6.32. The lowest BCUT2D eigenvalue weighted by molar-refractivity contribution is -0.114. The summed E-state index contributed by atoms with van der Waals surface area (Å²) in [6, 6.07) is 23.1. The second-order valence-electron chi connectivity index (χ2n) is 7.89. The summed E-state index contributed by atoms with van der Waals surface area (Å²) in [6.45, 7) is 2.92. The van der Waals surface area contributed by atoms with Crippen molar-refractivity contribution in [1.82, 2.24) is 0 Å². The van der Waals surface area contributed by atoms with Gasteiger partial charge in [0.05, 0.1) is 6.54 Å². The summed E-state index contributed by atoms with van der Waals surface area (Å²) in [5.41, 5.74) is 5.59. The number of anilines is 3. The van der Waals surface area contributed by atoms with Crippen molar-refractivity contribution in [2.75, 3.05) is 28.6 Å². The number of aryl methyl sites for hydroxylation is 2. The highest BCUT2D eigenvalue weighted by Crippen LogP contribution is 2.27. The molecule has 0 aliphatic carbocycles. The molecule has 1 heterocycles. The Balaban J connectivity index is 1.38. The Morgan fingerprint density at radius 1 is 0.871 bits per heavy atom. The van der Waals surface area contributed by atoms with Crippen LogP contribution in [0.3, 0.4) is 0 Å². The second-order valence-corrected chi connectivity index (χ2v) is 7.89. The fourth-order valence-corrected chi connectivity index (χ4v) is 3.81. The fraction of sp³-hybridized carbons (Fsp3) is 0.231. The molecule has 0 bridgehead atoms. The summed E-state index contributed by atoms with van der Waals surface area (Å²) in [6.07, 6.45) is 3.08. The molecule has 3 aromatic rings. The predicted octanol–water partition coefficient (Wildman–Crippen LogP) is 5.03. The molecule has 0 saturated heterocycles. The number of carbonyl (C=O) groups excluding carboxylic acids is 2. The van der Waals surface area contributed by atoms with Gasteiger partial charge in [0.15, 0.2) is 0 Å². The maximum atomic E-state index is 13.2. The van der Waals surface area contributed by atoms with E-state index in [0.717, 1.165) is 37.2 Å². The first-order chi connectivity index (χ1) is 15.1. The van der Waals surface area contributed by atoms with Gasteiger partial charge in [0.25, 0.3) is 5.91 Å². The molecule has 0 fully saturated rings. The van der Waals surface area contributed by atoms with E-state index in [1.807, 2.05) is 54.3 Å². The van der Waals surface area contributed by atoms with Gasteiger partial charge in [-0.1, -0.05) is 35.9 Å². The standard InChI is InChI=1S/C26H27N3O2/c1-19-9-13-22(14-10-19)27-18-25(30)28-23-15-11-21(12-16-23)26(31)29-17-5-4-7-20-6-2-3-8-24(20)29/h2-3,6,8-16,27H,4-5,7,17-18H2,1H3,(H,28,30). The van der Waals surface area contributed by atoms with E-state index in [1.165, 1.54) is 11.1 Å². The molecule has 3 aromatic carbocycles. The largest absolute Gasteiger partial charge is 0.376 e. The number of para-hydroxylation sites is 1. The first-order valence-corrected chi connectivity index (χ1v) is 10.7. The molecule has 5 heteroatoms. The zero-order valence-electron chi connectivity index (χ0n) is 17.7. The third-order valence-electron chi connectivity index (χ3n) is 5.53. The smallest absolute Gasteiger partial charge is 0.258 e. The highest BCUT2D eigenvalue weighted by molar-refractivity contribution is 6.07. The molecule has 158 valence electrons. The van der Waals surface area contributed by atoms with E-state index >= 15 is 0 Å². The van der Waals surface area contributed by atoms with Crippen LogP contribution in [0.2, 0.25) is 0 Å². The molecule has 0 unspecified atom stereocenters. The van der Waals surface area contributed by atoms with E-state index < -0.39 is 0 Å². The molecule has 31 heavy (non-hydrogen) atoms. The molecule has 4 rings (SSSR count). The number of nitrogens with one attached hydrogen (secondary N) is 2. The summed E-state index contributed by atoms with van der Waals surface area (Å²) >= 11 is 0. The van der Waals surface area contributed by atoms with Crippen molar-refractivity contribution in [3.63, 3.8) is 0 Å². The highest BCUT2D eigenvalue weighted by atomic mass is 16.2. The molecular weight excluding hydrogens is 386 g/mol. The van der Waals surface area contributed by atoms with Gasteiger partial charge >= 0.3 is 0 Å². The monoisotopic (exact) mass is 413 g/mol. The summed E-state index contributed by atoms with van der Waals surface area (Å²) in [5.74, 6) is -0.144. The Hall–Kier alpha value is -3.60. The topological polar surface area (TPSA) is 61.4 Å². The van der Waals surface area contributed by atoms with Gasteiger partial charge < -0.3 is 15.5 Å². The minimum absolute atomic E-state index is 0.00624. The minimum atomic E-state index is -0.138. The average molecular weight is 414 g/mol. The Morgan fingerprint density at radius 2 is 1.58 bits per heavy atom.